The van der Waals surface area contributed by atoms with Crippen molar-refractivity contribution in [2.45, 2.75) is 38.5 Å². The molecule has 0 radical (unpaired) electrons. The number of hydrogen-bond donors (Lipinski definition) is 2. The van der Waals surface area contributed by atoms with Gasteiger partial charge >= 0.3 is 5.97 Å². The molecule has 0 aliphatic rings. The van der Waals surface area contributed by atoms with Gasteiger partial charge in [0.1, 0.15) is 0 Å². The molecule has 0 bridgehead atoms. The highest BCUT2D eigenvalue weighted by Gasteiger charge is 1.87. The highest BCUT2D eigenvalue weighted by molar-refractivity contribution is 5.80. The van der Waals surface area contributed by atoms with Crippen molar-refractivity contribution >= 4 is 5.97 Å². The van der Waals surface area contributed by atoms with Gasteiger partial charge in [0.25, 0.3) is 0 Å². The second-order valence-electron chi connectivity index (χ2n) is 3.47. The predicted molar refractivity (Wildman–Crippen MR) is 62.7 cm³/mol. The summed E-state index contributed by atoms with van der Waals surface area (Å²) in [5.41, 5.74) is 5.38. The van der Waals surface area contributed by atoms with Gasteiger partial charge in [0.15, 0.2) is 0 Å². The van der Waals surface area contributed by atoms with Crippen LogP contribution >= 0.6 is 0 Å². The van der Waals surface area contributed by atoms with Crippen molar-refractivity contribution in [2.75, 3.05) is 6.54 Å². The molecule has 0 amide bonds. The van der Waals surface area contributed by atoms with E-state index in [4.69, 9.17) is 10.8 Å². The Morgan fingerprint density at radius 1 is 1.07 bits per heavy atom. The van der Waals surface area contributed by atoms with Gasteiger partial charge in [-0.15, -0.1) is 0 Å². The molecule has 0 atom stereocenters. The molecule has 0 aliphatic heterocycles. The number of hydrogen-bond acceptors (Lipinski definition) is 2. The van der Waals surface area contributed by atoms with E-state index in [0.717, 1.165) is 25.5 Å². The first-order chi connectivity index (χ1) is 7.27. The van der Waals surface area contributed by atoms with E-state index in [1.807, 2.05) is 6.08 Å². The first-order valence-electron chi connectivity index (χ1n) is 5.53. The van der Waals surface area contributed by atoms with Gasteiger partial charge in [-0.05, 0) is 25.8 Å². The predicted octanol–water partition coefficient (Wildman–Crippen LogP) is 2.48. The van der Waals surface area contributed by atoms with Crippen LogP contribution in [0.15, 0.2) is 24.3 Å². The van der Waals surface area contributed by atoms with Crippen LogP contribution in [0.4, 0.5) is 0 Å². The average Bonchev–Trinajstić information content (AvgIpc) is 2.20. The fraction of sp³-hybridized carbons (Fsp3) is 0.583. The van der Waals surface area contributed by atoms with Crippen LogP contribution in [0, 0.1) is 0 Å². The summed E-state index contributed by atoms with van der Waals surface area (Å²) >= 11 is 0. The van der Waals surface area contributed by atoms with Crippen LogP contribution in [0.25, 0.3) is 0 Å². The molecular formula is C12H21NO2. The van der Waals surface area contributed by atoms with Crippen LogP contribution in [0.3, 0.4) is 0 Å². The van der Waals surface area contributed by atoms with E-state index in [1.54, 1.807) is 12.2 Å². The molecule has 3 heteroatoms. The Labute approximate surface area is 91.7 Å². The summed E-state index contributed by atoms with van der Waals surface area (Å²) in [5, 5.41) is 8.31. The van der Waals surface area contributed by atoms with Gasteiger partial charge in [-0.3, -0.25) is 0 Å². The smallest absolute Gasteiger partial charge is 0.328 e. The third-order valence-electron chi connectivity index (χ3n) is 2.06. The number of allylic oxidation sites excluding steroid dienone is 3. The van der Waals surface area contributed by atoms with Crippen LogP contribution in [0.5, 0.6) is 0 Å². The molecule has 0 aromatic carbocycles. The minimum atomic E-state index is -0.901. The summed E-state index contributed by atoms with van der Waals surface area (Å²) in [7, 11) is 0. The van der Waals surface area contributed by atoms with Crippen LogP contribution in [0.1, 0.15) is 38.5 Å². The third kappa shape index (κ3) is 12.9. The van der Waals surface area contributed by atoms with Crippen LogP contribution in [0.2, 0.25) is 0 Å². The molecule has 3 N–H and O–H groups in total. The van der Waals surface area contributed by atoms with Crippen molar-refractivity contribution in [1.82, 2.24) is 0 Å². The fourth-order valence-corrected chi connectivity index (χ4v) is 1.25. The molecule has 0 spiro atoms. The zero-order valence-electron chi connectivity index (χ0n) is 9.19. The number of nitrogens with two attached hydrogens (primary N) is 1. The lowest BCUT2D eigenvalue weighted by Crippen LogP contribution is -1.97. The average molecular weight is 211 g/mol. The van der Waals surface area contributed by atoms with Gasteiger partial charge in [-0.2, -0.15) is 0 Å². The van der Waals surface area contributed by atoms with Crippen molar-refractivity contribution in [3.8, 4) is 0 Å². The Bertz CT molecular complexity index is 210. The molecule has 0 saturated heterocycles. The maximum Gasteiger partial charge on any atom is 0.328 e. The van der Waals surface area contributed by atoms with Crippen molar-refractivity contribution in [3.63, 3.8) is 0 Å². The number of aliphatic carboxylic acids is 1. The number of unbranched alkanes of at least 4 members (excludes halogenated alkanes) is 5. The standard InChI is InChI=1S/C12H21NO2/c13-11-9-7-5-3-1-2-4-6-8-10-12(14)15/h4,6,8,10H,1-3,5,7,9,11,13H2,(H,14,15)/b6-4+,10-8+. The van der Waals surface area contributed by atoms with E-state index in [0.29, 0.717) is 0 Å². The number of carbonyl (C=O) groups is 1. The lowest BCUT2D eigenvalue weighted by atomic mass is 10.1. The van der Waals surface area contributed by atoms with Crippen LogP contribution in [-0.2, 0) is 4.79 Å². The summed E-state index contributed by atoms with van der Waals surface area (Å²) < 4.78 is 0. The zero-order valence-corrected chi connectivity index (χ0v) is 9.19. The van der Waals surface area contributed by atoms with E-state index in [-0.39, 0.29) is 0 Å². The van der Waals surface area contributed by atoms with E-state index in [9.17, 15) is 4.79 Å². The Kier molecular flexibility index (Phi) is 10.2. The summed E-state index contributed by atoms with van der Waals surface area (Å²) in [6, 6.07) is 0. The fourth-order valence-electron chi connectivity index (χ4n) is 1.25. The molecule has 0 aromatic heterocycles. The van der Waals surface area contributed by atoms with Crippen molar-refractivity contribution in [3.05, 3.63) is 24.3 Å². The van der Waals surface area contributed by atoms with Crippen molar-refractivity contribution in [1.29, 1.82) is 0 Å². The molecule has 86 valence electrons. The molecular weight excluding hydrogens is 190 g/mol. The number of carboxylic acids is 1. The zero-order chi connectivity index (χ0) is 11.4. The summed E-state index contributed by atoms with van der Waals surface area (Å²) in [6.07, 6.45) is 13.5. The Morgan fingerprint density at radius 2 is 1.73 bits per heavy atom. The van der Waals surface area contributed by atoms with Gasteiger partial charge in [-0.1, -0.05) is 37.5 Å². The molecule has 0 fully saturated rings. The first-order valence-corrected chi connectivity index (χ1v) is 5.53. The molecule has 15 heavy (non-hydrogen) atoms. The quantitative estimate of drug-likeness (QED) is 0.350. The lowest BCUT2D eigenvalue weighted by Gasteiger charge is -1.97. The van der Waals surface area contributed by atoms with Gasteiger partial charge in [0, 0.05) is 6.08 Å². The van der Waals surface area contributed by atoms with Gasteiger partial charge < -0.3 is 10.8 Å². The summed E-state index contributed by atoms with van der Waals surface area (Å²) in [4.78, 5) is 10.1. The maximum atomic E-state index is 10.1. The van der Waals surface area contributed by atoms with Crippen LogP contribution < -0.4 is 5.73 Å². The lowest BCUT2D eigenvalue weighted by molar-refractivity contribution is -0.131. The minimum absolute atomic E-state index is 0.792. The van der Waals surface area contributed by atoms with Gasteiger partial charge in [-0.25, -0.2) is 4.79 Å². The molecule has 0 aromatic rings. The number of carboxylic acid groups (broad SMARTS) is 1. The monoisotopic (exact) mass is 211 g/mol. The Balaban J connectivity index is 3.20. The first kappa shape index (κ1) is 13.9. The van der Waals surface area contributed by atoms with Gasteiger partial charge in [0.2, 0.25) is 0 Å². The third-order valence-corrected chi connectivity index (χ3v) is 2.06. The van der Waals surface area contributed by atoms with Gasteiger partial charge in [0.05, 0.1) is 0 Å². The summed E-state index contributed by atoms with van der Waals surface area (Å²) in [5.74, 6) is -0.901. The summed E-state index contributed by atoms with van der Waals surface area (Å²) in [6.45, 7) is 0.792. The highest BCUT2D eigenvalue weighted by Crippen LogP contribution is 2.05. The Hall–Kier alpha value is -1.09. The molecule has 3 nitrogen and oxygen atoms in total. The largest absolute Gasteiger partial charge is 0.478 e. The number of rotatable bonds is 9. The molecule has 0 rings (SSSR count). The topological polar surface area (TPSA) is 63.3 Å². The molecule has 0 heterocycles. The molecule has 0 aliphatic carbocycles. The van der Waals surface area contributed by atoms with Crippen molar-refractivity contribution < 1.29 is 9.90 Å². The van der Waals surface area contributed by atoms with Crippen LogP contribution in [-0.4, -0.2) is 17.6 Å². The highest BCUT2D eigenvalue weighted by atomic mass is 16.4. The normalized spacial score (nSPS) is 11.5. The molecule has 0 saturated carbocycles. The van der Waals surface area contributed by atoms with Crippen molar-refractivity contribution in [2.24, 2.45) is 5.73 Å². The second kappa shape index (κ2) is 11.0. The Morgan fingerprint density at radius 3 is 2.40 bits per heavy atom. The van der Waals surface area contributed by atoms with E-state index >= 15 is 0 Å². The second-order valence-corrected chi connectivity index (χ2v) is 3.47. The van der Waals surface area contributed by atoms with E-state index in [2.05, 4.69) is 0 Å². The SMILES string of the molecule is NCCCCCCC/C=C/C=C/C(=O)O. The van der Waals surface area contributed by atoms with E-state index in [1.165, 1.54) is 25.7 Å². The van der Waals surface area contributed by atoms with E-state index < -0.39 is 5.97 Å². The molecule has 0 unspecified atom stereocenters. The maximum absolute atomic E-state index is 10.1. The minimum Gasteiger partial charge on any atom is -0.478 e.